The number of benzene rings is 1. The molecule has 0 saturated carbocycles. The van der Waals surface area contributed by atoms with Crippen molar-refractivity contribution in [3.8, 4) is 0 Å². The summed E-state index contributed by atoms with van der Waals surface area (Å²) < 4.78 is 12.7. The number of hydrogen-bond donors (Lipinski definition) is 2. The zero-order chi connectivity index (χ0) is 15.2. The molecule has 108 valence electrons. The van der Waals surface area contributed by atoms with Crippen molar-refractivity contribution in [3.63, 3.8) is 0 Å². The van der Waals surface area contributed by atoms with Crippen molar-refractivity contribution in [1.29, 1.82) is 0 Å². The Labute approximate surface area is 121 Å². The third-order valence-electron chi connectivity index (χ3n) is 2.71. The molecule has 6 heteroatoms. The number of amides is 2. The van der Waals surface area contributed by atoms with E-state index in [1.54, 1.807) is 31.2 Å². The summed E-state index contributed by atoms with van der Waals surface area (Å²) in [4.78, 5) is 26.7. The highest BCUT2D eigenvalue weighted by Gasteiger charge is 2.07. The maximum absolute atomic E-state index is 12.7. The molecule has 0 aliphatic carbocycles. The van der Waals surface area contributed by atoms with Gasteiger partial charge in [-0.15, -0.1) is 0 Å². The third kappa shape index (κ3) is 4.10. The lowest BCUT2D eigenvalue weighted by atomic mass is 10.2. The molecule has 21 heavy (non-hydrogen) atoms. The molecule has 0 spiro atoms. The lowest BCUT2D eigenvalue weighted by Gasteiger charge is -2.08. The fraction of sp³-hybridized carbons (Fsp3) is 0.133. The molecule has 1 aromatic carbocycles. The van der Waals surface area contributed by atoms with Gasteiger partial charge in [0.05, 0.1) is 5.56 Å². The minimum absolute atomic E-state index is 0.110. The second kappa shape index (κ2) is 6.60. The molecule has 2 aromatic rings. The monoisotopic (exact) mass is 287 g/mol. The number of rotatable bonds is 4. The van der Waals surface area contributed by atoms with Crippen LogP contribution in [0.4, 0.5) is 15.8 Å². The van der Waals surface area contributed by atoms with E-state index in [1.807, 2.05) is 0 Å². The largest absolute Gasteiger partial charge is 0.326 e. The highest BCUT2D eigenvalue weighted by molar-refractivity contribution is 6.04. The zero-order valence-corrected chi connectivity index (χ0v) is 11.4. The molecule has 0 bridgehead atoms. The summed E-state index contributed by atoms with van der Waals surface area (Å²) in [7, 11) is 0. The van der Waals surface area contributed by atoms with E-state index in [9.17, 15) is 14.0 Å². The van der Waals surface area contributed by atoms with E-state index in [4.69, 9.17) is 0 Å². The molecule has 0 unspecified atom stereocenters. The molecule has 1 aromatic heterocycles. The van der Waals surface area contributed by atoms with E-state index >= 15 is 0 Å². The molecule has 0 atom stereocenters. The van der Waals surface area contributed by atoms with Gasteiger partial charge in [0.2, 0.25) is 11.9 Å². The van der Waals surface area contributed by atoms with Gasteiger partial charge in [-0.05, 0) is 30.3 Å². The van der Waals surface area contributed by atoms with Crippen LogP contribution in [-0.2, 0) is 4.79 Å². The number of nitrogens with one attached hydrogen (secondary N) is 2. The molecule has 0 aliphatic rings. The van der Waals surface area contributed by atoms with Gasteiger partial charge in [-0.2, -0.15) is 4.39 Å². The standard InChI is InChI=1S/C15H14FN3O2/c1-2-14(20)18-11-4-3-5-12(8-11)19-15(21)10-6-7-13(16)17-9-10/h3-9H,2H2,1H3,(H,18,20)(H,19,21). The molecular formula is C15H14FN3O2. The Kier molecular flexibility index (Phi) is 4.61. The maximum Gasteiger partial charge on any atom is 0.257 e. The Bertz CT molecular complexity index is 656. The minimum atomic E-state index is -0.643. The van der Waals surface area contributed by atoms with Crippen molar-refractivity contribution < 1.29 is 14.0 Å². The summed E-state index contributed by atoms with van der Waals surface area (Å²) >= 11 is 0. The second-order valence-electron chi connectivity index (χ2n) is 4.31. The molecule has 2 rings (SSSR count). The van der Waals surface area contributed by atoms with Crippen molar-refractivity contribution in [2.24, 2.45) is 0 Å². The molecule has 2 N–H and O–H groups in total. The Morgan fingerprint density at radius 3 is 2.48 bits per heavy atom. The van der Waals surface area contributed by atoms with Crippen LogP contribution in [-0.4, -0.2) is 16.8 Å². The Balaban J connectivity index is 2.08. The van der Waals surface area contributed by atoms with Gasteiger partial charge in [-0.3, -0.25) is 9.59 Å². The van der Waals surface area contributed by atoms with E-state index in [1.165, 1.54) is 6.07 Å². The van der Waals surface area contributed by atoms with Crippen molar-refractivity contribution in [3.05, 3.63) is 54.1 Å². The molecule has 1 heterocycles. The van der Waals surface area contributed by atoms with Gasteiger partial charge in [-0.1, -0.05) is 13.0 Å². The smallest absolute Gasteiger partial charge is 0.257 e. The summed E-state index contributed by atoms with van der Waals surface area (Å²) in [6, 6.07) is 9.23. The number of hydrogen-bond acceptors (Lipinski definition) is 3. The molecule has 2 amide bonds. The van der Waals surface area contributed by atoms with E-state index in [0.717, 1.165) is 12.3 Å². The van der Waals surface area contributed by atoms with Gasteiger partial charge in [0.15, 0.2) is 0 Å². The summed E-state index contributed by atoms with van der Waals surface area (Å²) in [5, 5.41) is 5.36. The van der Waals surface area contributed by atoms with Crippen LogP contribution in [0.2, 0.25) is 0 Å². The van der Waals surface area contributed by atoms with Gasteiger partial charge in [0.1, 0.15) is 0 Å². The normalized spacial score (nSPS) is 10.0. The first-order chi connectivity index (χ1) is 10.1. The van der Waals surface area contributed by atoms with Crippen LogP contribution < -0.4 is 10.6 Å². The van der Waals surface area contributed by atoms with Crippen LogP contribution in [0.1, 0.15) is 23.7 Å². The number of anilines is 2. The summed E-state index contributed by atoms with van der Waals surface area (Å²) in [5.74, 6) is -1.15. The number of nitrogens with zero attached hydrogens (tertiary/aromatic N) is 1. The van der Waals surface area contributed by atoms with Crippen LogP contribution >= 0.6 is 0 Å². The van der Waals surface area contributed by atoms with Crippen molar-refractivity contribution in [2.75, 3.05) is 10.6 Å². The Hall–Kier alpha value is -2.76. The summed E-state index contributed by atoms with van der Waals surface area (Å²) in [6.45, 7) is 1.75. The average molecular weight is 287 g/mol. The number of halogens is 1. The molecule has 0 aliphatic heterocycles. The van der Waals surface area contributed by atoms with Crippen LogP contribution in [0, 0.1) is 5.95 Å². The highest BCUT2D eigenvalue weighted by atomic mass is 19.1. The van der Waals surface area contributed by atoms with Crippen LogP contribution in [0.25, 0.3) is 0 Å². The van der Waals surface area contributed by atoms with Crippen LogP contribution in [0.15, 0.2) is 42.6 Å². The van der Waals surface area contributed by atoms with E-state index < -0.39 is 11.9 Å². The predicted molar refractivity (Wildman–Crippen MR) is 77.5 cm³/mol. The molecule has 0 radical (unpaired) electrons. The fourth-order valence-electron chi connectivity index (χ4n) is 1.64. The number of carbonyl (C=O) groups excluding carboxylic acids is 2. The van der Waals surface area contributed by atoms with Crippen molar-refractivity contribution in [2.45, 2.75) is 13.3 Å². The second-order valence-corrected chi connectivity index (χ2v) is 4.31. The lowest BCUT2D eigenvalue weighted by molar-refractivity contribution is -0.115. The number of pyridine rings is 1. The first-order valence-corrected chi connectivity index (χ1v) is 6.41. The van der Waals surface area contributed by atoms with E-state index in [2.05, 4.69) is 15.6 Å². The van der Waals surface area contributed by atoms with Crippen molar-refractivity contribution in [1.82, 2.24) is 4.98 Å². The lowest BCUT2D eigenvalue weighted by Crippen LogP contribution is -2.13. The Morgan fingerprint density at radius 2 is 1.86 bits per heavy atom. The maximum atomic E-state index is 12.7. The summed E-state index contributed by atoms with van der Waals surface area (Å²) in [5.41, 5.74) is 1.37. The first kappa shape index (κ1) is 14.6. The molecule has 5 nitrogen and oxygen atoms in total. The van der Waals surface area contributed by atoms with Crippen LogP contribution in [0.5, 0.6) is 0 Å². The topological polar surface area (TPSA) is 71.1 Å². The van der Waals surface area contributed by atoms with E-state index in [-0.39, 0.29) is 11.5 Å². The van der Waals surface area contributed by atoms with Crippen LogP contribution in [0.3, 0.4) is 0 Å². The third-order valence-corrected chi connectivity index (χ3v) is 2.71. The highest BCUT2D eigenvalue weighted by Crippen LogP contribution is 2.16. The quantitative estimate of drug-likeness (QED) is 0.849. The zero-order valence-electron chi connectivity index (χ0n) is 11.4. The van der Waals surface area contributed by atoms with Gasteiger partial charge < -0.3 is 10.6 Å². The average Bonchev–Trinajstić information content (AvgIpc) is 2.48. The first-order valence-electron chi connectivity index (χ1n) is 6.41. The van der Waals surface area contributed by atoms with Gasteiger partial charge >= 0.3 is 0 Å². The number of carbonyl (C=O) groups is 2. The molecule has 0 fully saturated rings. The SMILES string of the molecule is CCC(=O)Nc1cccc(NC(=O)c2ccc(F)nc2)c1. The van der Waals surface area contributed by atoms with Crippen molar-refractivity contribution >= 4 is 23.2 Å². The molecular weight excluding hydrogens is 273 g/mol. The summed E-state index contributed by atoms with van der Waals surface area (Å²) in [6.07, 6.45) is 1.53. The fourth-order valence-corrected chi connectivity index (χ4v) is 1.64. The van der Waals surface area contributed by atoms with Gasteiger partial charge in [-0.25, -0.2) is 4.98 Å². The van der Waals surface area contributed by atoms with E-state index in [0.29, 0.717) is 17.8 Å². The van der Waals surface area contributed by atoms with Gasteiger partial charge in [0, 0.05) is 24.0 Å². The number of aromatic nitrogens is 1. The predicted octanol–water partition coefficient (Wildman–Crippen LogP) is 2.82. The van der Waals surface area contributed by atoms with Gasteiger partial charge in [0.25, 0.3) is 5.91 Å². The minimum Gasteiger partial charge on any atom is -0.326 e. The molecule has 0 saturated heterocycles. The Morgan fingerprint density at radius 1 is 1.14 bits per heavy atom.